The molecule has 21 heavy (non-hydrogen) atoms. The zero-order valence-electron chi connectivity index (χ0n) is 11.6. The summed E-state index contributed by atoms with van der Waals surface area (Å²) in [6, 6.07) is 26.9. The van der Waals surface area contributed by atoms with E-state index in [9.17, 15) is 0 Å². The highest BCUT2D eigenvalue weighted by molar-refractivity contribution is 5.64. The molecular weight excluding hydrogens is 258 g/mol. The van der Waals surface area contributed by atoms with Crippen LogP contribution in [-0.4, -0.2) is 0 Å². The van der Waals surface area contributed by atoms with Crippen LogP contribution < -0.4 is 10.5 Å². The maximum Gasteiger partial charge on any atom is 0.127 e. The third-order valence-corrected chi connectivity index (χ3v) is 3.25. The molecule has 0 aromatic heterocycles. The molecule has 2 nitrogen and oxygen atoms in total. The largest absolute Gasteiger partial charge is 0.457 e. The molecule has 3 aromatic rings. The third-order valence-electron chi connectivity index (χ3n) is 3.25. The molecule has 0 atom stereocenters. The monoisotopic (exact) mass is 274 g/mol. The Kier molecular flexibility index (Phi) is 3.99. The van der Waals surface area contributed by atoms with Crippen LogP contribution in [0.4, 0.5) is 0 Å². The van der Waals surface area contributed by atoms with Crippen molar-refractivity contribution in [3.8, 4) is 22.6 Å². The van der Waals surface area contributed by atoms with Gasteiger partial charge in [-0.05, 0) is 53.1 Å². The first kappa shape index (κ1) is 13.4. The second-order valence-electron chi connectivity index (χ2n) is 4.75. The SMILES string of the molecule is NCc1[c]ccc(-c2ccc(Oc3ccccc3)cc2)c1. The lowest BCUT2D eigenvalue weighted by molar-refractivity contribution is 0.483. The van der Waals surface area contributed by atoms with Crippen molar-refractivity contribution in [1.29, 1.82) is 0 Å². The fourth-order valence-corrected chi connectivity index (χ4v) is 2.15. The zero-order chi connectivity index (χ0) is 14.5. The van der Waals surface area contributed by atoms with Crippen LogP contribution in [0.1, 0.15) is 5.56 Å². The summed E-state index contributed by atoms with van der Waals surface area (Å²) in [4.78, 5) is 0. The highest BCUT2D eigenvalue weighted by atomic mass is 16.5. The summed E-state index contributed by atoms with van der Waals surface area (Å²) in [6.07, 6.45) is 0. The fraction of sp³-hybridized carbons (Fsp3) is 0.0526. The number of hydrogen-bond donors (Lipinski definition) is 1. The maximum absolute atomic E-state index is 5.79. The summed E-state index contributed by atoms with van der Waals surface area (Å²) < 4.78 is 5.79. The molecule has 3 rings (SSSR count). The van der Waals surface area contributed by atoms with Crippen molar-refractivity contribution >= 4 is 0 Å². The first-order valence-corrected chi connectivity index (χ1v) is 6.89. The summed E-state index contributed by atoms with van der Waals surface area (Å²) in [7, 11) is 0. The highest BCUT2D eigenvalue weighted by Gasteiger charge is 2.01. The van der Waals surface area contributed by atoms with Crippen molar-refractivity contribution in [2.45, 2.75) is 6.54 Å². The summed E-state index contributed by atoms with van der Waals surface area (Å²) in [5, 5.41) is 0. The number of ether oxygens (including phenoxy) is 1. The Labute approximate surface area is 124 Å². The van der Waals surface area contributed by atoms with E-state index in [2.05, 4.69) is 12.1 Å². The van der Waals surface area contributed by atoms with E-state index in [1.54, 1.807) is 0 Å². The Bertz CT molecular complexity index is 705. The average molecular weight is 274 g/mol. The van der Waals surface area contributed by atoms with E-state index < -0.39 is 0 Å². The van der Waals surface area contributed by atoms with Gasteiger partial charge in [0, 0.05) is 6.54 Å². The molecule has 0 bridgehead atoms. The predicted molar refractivity (Wildman–Crippen MR) is 85.1 cm³/mol. The smallest absolute Gasteiger partial charge is 0.127 e. The minimum Gasteiger partial charge on any atom is -0.457 e. The fourth-order valence-electron chi connectivity index (χ4n) is 2.15. The summed E-state index contributed by atoms with van der Waals surface area (Å²) in [5.74, 6) is 1.66. The van der Waals surface area contributed by atoms with Crippen LogP contribution in [0.3, 0.4) is 0 Å². The maximum atomic E-state index is 5.79. The van der Waals surface area contributed by atoms with Crippen LogP contribution in [0, 0.1) is 6.07 Å². The molecular formula is C19H16NO. The van der Waals surface area contributed by atoms with Gasteiger partial charge in [0.05, 0.1) is 0 Å². The number of para-hydroxylation sites is 1. The third kappa shape index (κ3) is 3.30. The van der Waals surface area contributed by atoms with Crippen LogP contribution in [0.2, 0.25) is 0 Å². The van der Waals surface area contributed by atoms with Crippen molar-refractivity contribution < 1.29 is 4.74 Å². The van der Waals surface area contributed by atoms with Crippen LogP contribution in [0.5, 0.6) is 11.5 Å². The topological polar surface area (TPSA) is 35.2 Å². The summed E-state index contributed by atoms with van der Waals surface area (Å²) in [5.41, 5.74) is 8.94. The van der Waals surface area contributed by atoms with Gasteiger partial charge in [0.25, 0.3) is 0 Å². The molecule has 0 aliphatic carbocycles. The van der Waals surface area contributed by atoms with Gasteiger partial charge in [0.15, 0.2) is 0 Å². The highest BCUT2D eigenvalue weighted by Crippen LogP contribution is 2.26. The average Bonchev–Trinajstić information content (AvgIpc) is 2.56. The van der Waals surface area contributed by atoms with Crippen molar-refractivity contribution in [1.82, 2.24) is 0 Å². The lowest BCUT2D eigenvalue weighted by Gasteiger charge is -2.07. The molecule has 0 heterocycles. The van der Waals surface area contributed by atoms with Crippen LogP contribution in [0.15, 0.2) is 72.8 Å². The minimum atomic E-state index is 0.503. The van der Waals surface area contributed by atoms with Gasteiger partial charge in [-0.15, -0.1) is 0 Å². The van der Waals surface area contributed by atoms with Gasteiger partial charge in [-0.2, -0.15) is 0 Å². The molecule has 103 valence electrons. The van der Waals surface area contributed by atoms with Gasteiger partial charge in [-0.25, -0.2) is 0 Å². The molecule has 0 saturated heterocycles. The van der Waals surface area contributed by atoms with Crippen molar-refractivity contribution in [2.75, 3.05) is 0 Å². The molecule has 1 radical (unpaired) electrons. The van der Waals surface area contributed by atoms with Crippen molar-refractivity contribution in [2.24, 2.45) is 5.73 Å². The van der Waals surface area contributed by atoms with E-state index in [0.717, 1.165) is 28.2 Å². The number of nitrogens with two attached hydrogens (primary N) is 1. The lowest BCUT2D eigenvalue weighted by Crippen LogP contribution is -1.96. The van der Waals surface area contributed by atoms with Crippen molar-refractivity contribution in [3.63, 3.8) is 0 Å². The predicted octanol–water partition coefficient (Wildman–Crippen LogP) is 4.40. The molecule has 0 spiro atoms. The molecule has 0 aliphatic rings. The Morgan fingerprint density at radius 3 is 2.24 bits per heavy atom. The molecule has 0 aliphatic heterocycles. The molecule has 0 saturated carbocycles. The van der Waals surface area contributed by atoms with Gasteiger partial charge in [0.1, 0.15) is 11.5 Å². The number of benzene rings is 3. The molecule has 3 aromatic carbocycles. The van der Waals surface area contributed by atoms with Crippen LogP contribution in [-0.2, 0) is 6.54 Å². The Hall–Kier alpha value is -2.58. The minimum absolute atomic E-state index is 0.503. The molecule has 0 amide bonds. The van der Waals surface area contributed by atoms with E-state index >= 15 is 0 Å². The van der Waals surface area contributed by atoms with Gasteiger partial charge in [-0.1, -0.05) is 42.5 Å². The van der Waals surface area contributed by atoms with E-state index in [4.69, 9.17) is 10.5 Å². The first-order chi connectivity index (χ1) is 10.3. The Morgan fingerprint density at radius 2 is 1.52 bits per heavy atom. The number of hydrogen-bond acceptors (Lipinski definition) is 2. The second-order valence-corrected chi connectivity index (χ2v) is 4.75. The van der Waals surface area contributed by atoms with Gasteiger partial charge < -0.3 is 10.5 Å². The normalized spacial score (nSPS) is 10.3. The molecule has 2 heteroatoms. The first-order valence-electron chi connectivity index (χ1n) is 6.89. The number of rotatable bonds is 4. The quantitative estimate of drug-likeness (QED) is 0.765. The van der Waals surface area contributed by atoms with Crippen molar-refractivity contribution in [3.05, 3.63) is 84.4 Å². The standard InChI is InChI=1S/C19H16NO/c20-14-15-5-4-6-17(13-15)16-9-11-19(12-10-16)21-18-7-2-1-3-8-18/h1-4,6-13H,14,20H2. The van der Waals surface area contributed by atoms with E-state index in [1.165, 1.54) is 0 Å². The van der Waals surface area contributed by atoms with Gasteiger partial charge in [-0.3, -0.25) is 0 Å². The molecule has 0 unspecified atom stereocenters. The van der Waals surface area contributed by atoms with E-state index in [1.807, 2.05) is 66.7 Å². The van der Waals surface area contributed by atoms with E-state index in [-0.39, 0.29) is 0 Å². The lowest BCUT2D eigenvalue weighted by atomic mass is 10.0. The van der Waals surface area contributed by atoms with E-state index in [0.29, 0.717) is 6.54 Å². The summed E-state index contributed by atoms with van der Waals surface area (Å²) >= 11 is 0. The Morgan fingerprint density at radius 1 is 0.810 bits per heavy atom. The zero-order valence-corrected chi connectivity index (χ0v) is 11.6. The molecule has 0 fully saturated rings. The molecule has 2 N–H and O–H groups in total. The van der Waals surface area contributed by atoms with Gasteiger partial charge in [0.2, 0.25) is 0 Å². The van der Waals surface area contributed by atoms with Crippen LogP contribution >= 0.6 is 0 Å². The Balaban J connectivity index is 1.80. The van der Waals surface area contributed by atoms with Gasteiger partial charge >= 0.3 is 0 Å². The second kappa shape index (κ2) is 6.25. The summed E-state index contributed by atoms with van der Waals surface area (Å²) in [6.45, 7) is 0.503. The van der Waals surface area contributed by atoms with Crippen LogP contribution in [0.25, 0.3) is 11.1 Å².